The van der Waals surface area contributed by atoms with Gasteiger partial charge in [-0.2, -0.15) is 0 Å². The Morgan fingerprint density at radius 2 is 1.90 bits per heavy atom. The minimum Gasteiger partial charge on any atom is -0.508 e. The molecule has 1 aromatic carbocycles. The second-order valence-electron chi connectivity index (χ2n) is 4.31. The fourth-order valence-corrected chi connectivity index (χ4v) is 1.72. The lowest BCUT2D eigenvalue weighted by Gasteiger charge is -2.22. The van der Waals surface area contributed by atoms with Crippen LogP contribution in [0.15, 0.2) is 18.2 Å². The minimum absolute atomic E-state index is 0.0464. The number of benzene rings is 1. The maximum Gasteiger partial charge on any atom is 0.307 e. The van der Waals surface area contributed by atoms with Gasteiger partial charge >= 0.3 is 5.97 Å². The average molecular weight is 297 g/mol. The van der Waals surface area contributed by atoms with Gasteiger partial charge in [-0.05, 0) is 12.1 Å². The molecular formula is C14H19NO6. The van der Waals surface area contributed by atoms with Crippen LogP contribution in [-0.4, -0.2) is 60.9 Å². The van der Waals surface area contributed by atoms with Crippen molar-refractivity contribution in [3.05, 3.63) is 23.8 Å². The van der Waals surface area contributed by atoms with Crippen molar-refractivity contribution < 1.29 is 29.3 Å². The molecule has 7 nitrogen and oxygen atoms in total. The first kappa shape index (κ1) is 16.8. The Morgan fingerprint density at radius 3 is 2.48 bits per heavy atom. The molecule has 2 N–H and O–H groups in total. The summed E-state index contributed by atoms with van der Waals surface area (Å²) in [5.41, 5.74) is 0.0498. The van der Waals surface area contributed by atoms with E-state index in [1.54, 1.807) is 0 Å². The summed E-state index contributed by atoms with van der Waals surface area (Å²) in [4.78, 5) is 24.9. The van der Waals surface area contributed by atoms with Crippen LogP contribution in [0.3, 0.4) is 0 Å². The Morgan fingerprint density at radius 1 is 1.19 bits per heavy atom. The van der Waals surface area contributed by atoms with E-state index < -0.39 is 11.9 Å². The molecule has 0 atom stereocenters. The second kappa shape index (κ2) is 8.11. The van der Waals surface area contributed by atoms with Crippen molar-refractivity contribution in [3.63, 3.8) is 0 Å². The van der Waals surface area contributed by atoms with Gasteiger partial charge in [0.25, 0.3) is 5.91 Å². The first-order valence-electron chi connectivity index (χ1n) is 6.36. The van der Waals surface area contributed by atoms with E-state index in [1.165, 1.54) is 31.3 Å². The van der Waals surface area contributed by atoms with Crippen LogP contribution in [0.4, 0.5) is 0 Å². The number of aromatic hydroxyl groups is 2. The van der Waals surface area contributed by atoms with Crippen LogP contribution in [0.2, 0.25) is 0 Å². The van der Waals surface area contributed by atoms with Gasteiger partial charge in [0.2, 0.25) is 0 Å². The molecule has 0 aliphatic rings. The number of phenolic OH excluding ortho intramolecular Hbond substituents is 2. The number of esters is 1. The van der Waals surface area contributed by atoms with Gasteiger partial charge in [-0.25, -0.2) is 0 Å². The smallest absolute Gasteiger partial charge is 0.307 e. The van der Waals surface area contributed by atoms with Gasteiger partial charge in [0, 0.05) is 26.3 Å². The highest BCUT2D eigenvalue weighted by Gasteiger charge is 2.20. The van der Waals surface area contributed by atoms with Crippen molar-refractivity contribution in [2.45, 2.75) is 6.42 Å². The summed E-state index contributed by atoms with van der Waals surface area (Å²) >= 11 is 0. The third-order valence-electron chi connectivity index (χ3n) is 2.88. The molecule has 0 aliphatic carbocycles. The zero-order valence-corrected chi connectivity index (χ0v) is 12.0. The molecule has 0 heterocycles. The molecule has 0 spiro atoms. The van der Waals surface area contributed by atoms with Crippen LogP contribution >= 0.6 is 0 Å². The van der Waals surface area contributed by atoms with Gasteiger partial charge < -0.3 is 24.6 Å². The normalized spacial score (nSPS) is 10.2. The fourth-order valence-electron chi connectivity index (χ4n) is 1.72. The number of amides is 1. The number of ether oxygens (including phenoxy) is 2. The van der Waals surface area contributed by atoms with E-state index >= 15 is 0 Å². The van der Waals surface area contributed by atoms with E-state index in [4.69, 9.17) is 4.74 Å². The van der Waals surface area contributed by atoms with Crippen molar-refractivity contribution >= 4 is 11.9 Å². The van der Waals surface area contributed by atoms with Crippen molar-refractivity contribution in [2.75, 3.05) is 33.9 Å². The zero-order chi connectivity index (χ0) is 15.8. The van der Waals surface area contributed by atoms with Crippen molar-refractivity contribution in [1.29, 1.82) is 0 Å². The molecule has 0 radical (unpaired) electrons. The second-order valence-corrected chi connectivity index (χ2v) is 4.31. The molecular weight excluding hydrogens is 278 g/mol. The highest BCUT2D eigenvalue weighted by atomic mass is 16.5. The number of rotatable bonds is 7. The standard InChI is InChI=1S/C14H19NO6/c1-20-8-7-15(6-5-13(18)21-2)14(19)11-4-3-10(16)9-12(11)17/h3-4,9,16-17H,5-8H2,1-2H3. The Balaban J connectivity index is 2.85. The Bertz CT molecular complexity index is 502. The summed E-state index contributed by atoms with van der Waals surface area (Å²) in [5, 5.41) is 19.0. The maximum atomic E-state index is 12.4. The van der Waals surface area contributed by atoms with Gasteiger partial charge in [-0.3, -0.25) is 9.59 Å². The number of carbonyl (C=O) groups is 2. The van der Waals surface area contributed by atoms with Gasteiger partial charge in [0.1, 0.15) is 11.5 Å². The van der Waals surface area contributed by atoms with Crippen LogP contribution in [0.1, 0.15) is 16.8 Å². The molecule has 1 aromatic rings. The van der Waals surface area contributed by atoms with Crippen LogP contribution in [0.25, 0.3) is 0 Å². The third kappa shape index (κ3) is 4.96. The van der Waals surface area contributed by atoms with Crippen LogP contribution in [0, 0.1) is 0 Å². The number of nitrogens with zero attached hydrogens (tertiary/aromatic N) is 1. The lowest BCUT2D eigenvalue weighted by Crippen LogP contribution is -2.35. The first-order chi connectivity index (χ1) is 9.99. The Kier molecular flexibility index (Phi) is 6.48. The first-order valence-corrected chi connectivity index (χ1v) is 6.36. The number of methoxy groups -OCH3 is 2. The molecule has 0 aromatic heterocycles. The summed E-state index contributed by atoms with van der Waals surface area (Å²) in [6, 6.07) is 3.72. The topological polar surface area (TPSA) is 96.3 Å². The highest BCUT2D eigenvalue weighted by molar-refractivity contribution is 5.97. The minimum atomic E-state index is -0.451. The SMILES string of the molecule is COCCN(CCC(=O)OC)C(=O)c1ccc(O)cc1O. The lowest BCUT2D eigenvalue weighted by atomic mass is 10.1. The molecule has 0 saturated heterocycles. The number of phenols is 2. The van der Waals surface area contributed by atoms with Crippen molar-refractivity contribution in [2.24, 2.45) is 0 Å². The third-order valence-corrected chi connectivity index (χ3v) is 2.88. The summed E-state index contributed by atoms with van der Waals surface area (Å²) in [5.74, 6) is -1.34. The van der Waals surface area contributed by atoms with Crippen LogP contribution in [-0.2, 0) is 14.3 Å². The molecule has 0 aliphatic heterocycles. The molecule has 0 unspecified atom stereocenters. The number of hydrogen-bond donors (Lipinski definition) is 2. The van der Waals surface area contributed by atoms with E-state index in [9.17, 15) is 19.8 Å². The summed E-state index contributed by atoms with van der Waals surface area (Å²) in [7, 11) is 2.77. The highest BCUT2D eigenvalue weighted by Crippen LogP contribution is 2.23. The van der Waals surface area contributed by atoms with Crippen LogP contribution < -0.4 is 0 Å². The van der Waals surface area contributed by atoms with E-state index in [2.05, 4.69) is 4.74 Å². The molecule has 0 saturated carbocycles. The van der Waals surface area contributed by atoms with E-state index in [-0.39, 0.29) is 36.6 Å². The molecule has 116 valence electrons. The molecule has 21 heavy (non-hydrogen) atoms. The largest absolute Gasteiger partial charge is 0.508 e. The monoisotopic (exact) mass is 297 g/mol. The lowest BCUT2D eigenvalue weighted by molar-refractivity contribution is -0.140. The predicted molar refractivity (Wildman–Crippen MR) is 74.2 cm³/mol. The number of carbonyl (C=O) groups excluding carboxylic acids is 2. The van der Waals surface area contributed by atoms with E-state index in [0.29, 0.717) is 6.61 Å². The molecule has 0 fully saturated rings. The van der Waals surface area contributed by atoms with Gasteiger partial charge in [-0.15, -0.1) is 0 Å². The summed E-state index contributed by atoms with van der Waals surface area (Å²) < 4.78 is 9.47. The maximum absolute atomic E-state index is 12.4. The Hall–Kier alpha value is -2.28. The molecule has 0 bridgehead atoms. The van der Waals surface area contributed by atoms with E-state index in [1.807, 2.05) is 0 Å². The summed E-state index contributed by atoms with van der Waals surface area (Å²) in [6.45, 7) is 0.716. The van der Waals surface area contributed by atoms with E-state index in [0.717, 1.165) is 6.07 Å². The van der Waals surface area contributed by atoms with Gasteiger partial charge in [0.15, 0.2) is 0 Å². The van der Waals surface area contributed by atoms with Gasteiger partial charge in [-0.1, -0.05) is 0 Å². The quantitative estimate of drug-likeness (QED) is 0.721. The molecule has 1 amide bonds. The van der Waals surface area contributed by atoms with Gasteiger partial charge in [0.05, 0.1) is 25.7 Å². The summed E-state index contributed by atoms with van der Waals surface area (Å²) in [6.07, 6.45) is 0.0464. The fraction of sp³-hybridized carbons (Fsp3) is 0.429. The molecule has 7 heteroatoms. The van der Waals surface area contributed by atoms with Crippen molar-refractivity contribution in [1.82, 2.24) is 4.90 Å². The zero-order valence-electron chi connectivity index (χ0n) is 12.0. The Labute approximate surface area is 122 Å². The number of hydrogen-bond acceptors (Lipinski definition) is 6. The predicted octanol–water partition coefficient (Wildman–Crippen LogP) is 0.749. The van der Waals surface area contributed by atoms with Crippen molar-refractivity contribution in [3.8, 4) is 11.5 Å². The van der Waals surface area contributed by atoms with Crippen LogP contribution in [0.5, 0.6) is 11.5 Å². The average Bonchev–Trinajstić information content (AvgIpc) is 2.46. The molecule has 1 rings (SSSR count).